The van der Waals surface area contributed by atoms with Crippen molar-refractivity contribution in [2.75, 3.05) is 4.90 Å². The van der Waals surface area contributed by atoms with Crippen molar-refractivity contribution < 1.29 is 27.6 Å². The lowest BCUT2D eigenvalue weighted by molar-refractivity contribution is -0.137. The minimum atomic E-state index is -4.80. The number of para-hydroxylation sites is 1. The molecule has 1 aliphatic rings. The Morgan fingerprint density at radius 3 is 2.40 bits per heavy atom. The second kappa shape index (κ2) is 4.78. The van der Waals surface area contributed by atoms with Crippen LogP contribution in [-0.2, 0) is 15.8 Å². The maximum atomic E-state index is 12.9. The number of imide groups is 2. The molecule has 0 aliphatic carbocycles. The summed E-state index contributed by atoms with van der Waals surface area (Å²) in [6.45, 7) is 0. The quantitative estimate of drug-likeness (QED) is 0.810. The van der Waals surface area contributed by atoms with Crippen LogP contribution in [0.1, 0.15) is 12.0 Å². The van der Waals surface area contributed by atoms with E-state index in [1.165, 1.54) is 0 Å². The minimum Gasteiger partial charge on any atom is -0.277 e. The maximum Gasteiger partial charge on any atom is 0.418 e. The summed E-state index contributed by atoms with van der Waals surface area (Å²) >= 11 is 5.68. The third-order valence-electron chi connectivity index (χ3n) is 2.53. The fourth-order valence-corrected chi connectivity index (χ4v) is 2.01. The van der Waals surface area contributed by atoms with Crippen molar-refractivity contribution >= 4 is 35.1 Å². The molecule has 1 heterocycles. The highest BCUT2D eigenvalue weighted by Gasteiger charge is 2.41. The van der Waals surface area contributed by atoms with Gasteiger partial charge in [0.2, 0.25) is 11.8 Å². The number of benzene rings is 1. The van der Waals surface area contributed by atoms with Crippen molar-refractivity contribution in [1.82, 2.24) is 5.32 Å². The molecule has 1 saturated heterocycles. The monoisotopic (exact) mass is 306 g/mol. The summed E-state index contributed by atoms with van der Waals surface area (Å²) in [5, 5.41) is 1.35. The Hall–Kier alpha value is -2.09. The SMILES string of the molecule is O=C1CC(=O)N(c2c(Cl)cccc2C(F)(F)F)C(=O)N1. The number of amides is 4. The number of hydrogen-bond acceptors (Lipinski definition) is 3. The zero-order valence-corrected chi connectivity index (χ0v) is 10.4. The first-order valence-electron chi connectivity index (χ1n) is 5.24. The van der Waals surface area contributed by atoms with Crippen LogP contribution in [0, 0.1) is 0 Å². The van der Waals surface area contributed by atoms with Crippen molar-refractivity contribution in [2.45, 2.75) is 12.6 Å². The molecule has 1 fully saturated rings. The Kier molecular flexibility index (Phi) is 3.43. The van der Waals surface area contributed by atoms with Crippen LogP contribution in [0.5, 0.6) is 0 Å². The average molecular weight is 307 g/mol. The van der Waals surface area contributed by atoms with Crippen molar-refractivity contribution in [3.05, 3.63) is 28.8 Å². The zero-order valence-electron chi connectivity index (χ0n) is 9.62. The number of halogens is 4. The first kappa shape index (κ1) is 14.3. The molecule has 0 spiro atoms. The fraction of sp³-hybridized carbons (Fsp3) is 0.182. The first-order chi connectivity index (χ1) is 9.21. The van der Waals surface area contributed by atoms with E-state index in [1.54, 1.807) is 5.32 Å². The first-order valence-corrected chi connectivity index (χ1v) is 5.62. The Morgan fingerprint density at radius 2 is 1.85 bits per heavy atom. The van der Waals surface area contributed by atoms with Gasteiger partial charge >= 0.3 is 12.2 Å². The van der Waals surface area contributed by atoms with Gasteiger partial charge in [-0.25, -0.2) is 9.69 Å². The van der Waals surface area contributed by atoms with Crippen molar-refractivity contribution in [2.24, 2.45) is 0 Å². The average Bonchev–Trinajstić information content (AvgIpc) is 2.28. The lowest BCUT2D eigenvalue weighted by atomic mass is 10.1. The molecule has 20 heavy (non-hydrogen) atoms. The number of urea groups is 1. The normalized spacial score (nSPS) is 16.4. The van der Waals surface area contributed by atoms with Crippen molar-refractivity contribution in [3.8, 4) is 0 Å². The van der Waals surface area contributed by atoms with Gasteiger partial charge in [-0.1, -0.05) is 17.7 Å². The highest BCUT2D eigenvalue weighted by molar-refractivity contribution is 6.36. The predicted octanol–water partition coefficient (Wildman–Crippen LogP) is 2.33. The third-order valence-corrected chi connectivity index (χ3v) is 2.83. The summed E-state index contributed by atoms with van der Waals surface area (Å²) in [5.41, 5.74) is -2.01. The summed E-state index contributed by atoms with van der Waals surface area (Å²) in [6.07, 6.45) is -5.53. The molecule has 2 rings (SSSR count). The second-order valence-electron chi connectivity index (χ2n) is 3.89. The van der Waals surface area contributed by atoms with Gasteiger partial charge in [0.25, 0.3) is 0 Å². The van der Waals surface area contributed by atoms with E-state index in [0.717, 1.165) is 12.1 Å². The van der Waals surface area contributed by atoms with E-state index in [4.69, 9.17) is 11.6 Å². The van der Waals surface area contributed by atoms with E-state index in [2.05, 4.69) is 0 Å². The Balaban J connectivity index is 2.60. The fourth-order valence-electron chi connectivity index (χ4n) is 1.75. The number of hydrogen-bond donors (Lipinski definition) is 1. The lowest BCUT2D eigenvalue weighted by Crippen LogP contribution is -2.53. The molecule has 5 nitrogen and oxygen atoms in total. The van der Waals surface area contributed by atoms with Crippen molar-refractivity contribution in [1.29, 1.82) is 0 Å². The maximum absolute atomic E-state index is 12.9. The summed E-state index contributed by atoms with van der Waals surface area (Å²) in [4.78, 5) is 34.5. The Bertz CT molecular complexity index is 595. The van der Waals surface area contributed by atoms with Gasteiger partial charge in [0.05, 0.1) is 16.3 Å². The van der Waals surface area contributed by atoms with Gasteiger partial charge in [0.1, 0.15) is 6.42 Å². The molecule has 9 heteroatoms. The number of alkyl halides is 3. The van der Waals surface area contributed by atoms with E-state index in [-0.39, 0.29) is 4.90 Å². The summed E-state index contributed by atoms with van der Waals surface area (Å²) in [6, 6.07) is 1.60. The topological polar surface area (TPSA) is 66.5 Å². The van der Waals surface area contributed by atoms with Crippen LogP contribution >= 0.6 is 11.6 Å². The van der Waals surface area contributed by atoms with Crippen LogP contribution < -0.4 is 10.2 Å². The summed E-state index contributed by atoms with van der Waals surface area (Å²) in [5.74, 6) is -1.95. The molecule has 0 aromatic heterocycles. The predicted molar refractivity (Wildman–Crippen MR) is 62.1 cm³/mol. The molecule has 106 valence electrons. The van der Waals surface area contributed by atoms with E-state index in [1.807, 2.05) is 0 Å². The van der Waals surface area contributed by atoms with E-state index >= 15 is 0 Å². The highest BCUT2D eigenvalue weighted by Crippen LogP contribution is 2.41. The van der Waals surface area contributed by atoms with Gasteiger partial charge in [0, 0.05) is 0 Å². The van der Waals surface area contributed by atoms with Gasteiger partial charge in [-0.15, -0.1) is 0 Å². The van der Waals surface area contributed by atoms with Crippen LogP contribution in [0.25, 0.3) is 0 Å². The number of carbonyl (C=O) groups is 3. The molecule has 1 N–H and O–H groups in total. The highest BCUT2D eigenvalue weighted by atomic mass is 35.5. The number of nitrogens with zero attached hydrogens (tertiary/aromatic N) is 1. The zero-order chi connectivity index (χ0) is 15.1. The van der Waals surface area contributed by atoms with Crippen LogP contribution in [0.15, 0.2) is 18.2 Å². The molecular weight excluding hydrogens is 301 g/mol. The molecule has 1 aromatic rings. The number of anilines is 1. The number of rotatable bonds is 1. The van der Waals surface area contributed by atoms with Crippen molar-refractivity contribution in [3.63, 3.8) is 0 Å². The number of nitrogens with one attached hydrogen (secondary N) is 1. The molecule has 0 radical (unpaired) electrons. The summed E-state index contributed by atoms with van der Waals surface area (Å²) in [7, 11) is 0. The molecular formula is C11H6ClF3N2O3. The van der Waals surface area contributed by atoms with Gasteiger partial charge in [-0.3, -0.25) is 14.9 Å². The minimum absolute atomic E-state index is 0.229. The van der Waals surface area contributed by atoms with Gasteiger partial charge in [-0.05, 0) is 12.1 Å². The molecule has 0 saturated carbocycles. The molecule has 0 unspecified atom stereocenters. The third kappa shape index (κ3) is 2.46. The van der Waals surface area contributed by atoms with E-state index in [9.17, 15) is 27.6 Å². The van der Waals surface area contributed by atoms with E-state index < -0.39 is 46.7 Å². The van der Waals surface area contributed by atoms with Crippen LogP contribution in [0.2, 0.25) is 5.02 Å². The second-order valence-corrected chi connectivity index (χ2v) is 4.30. The van der Waals surface area contributed by atoms with Gasteiger partial charge in [-0.2, -0.15) is 13.2 Å². The number of carbonyl (C=O) groups excluding carboxylic acids is 3. The smallest absolute Gasteiger partial charge is 0.277 e. The molecule has 4 amide bonds. The Labute approximate surface area is 115 Å². The molecule has 0 bridgehead atoms. The van der Waals surface area contributed by atoms with E-state index in [0.29, 0.717) is 6.07 Å². The van der Waals surface area contributed by atoms with Crippen LogP contribution in [0.3, 0.4) is 0 Å². The molecule has 1 aliphatic heterocycles. The lowest BCUT2D eigenvalue weighted by Gasteiger charge is -2.27. The van der Waals surface area contributed by atoms with Gasteiger partial charge in [0.15, 0.2) is 0 Å². The van der Waals surface area contributed by atoms with Crippen LogP contribution in [0.4, 0.5) is 23.7 Å². The Morgan fingerprint density at radius 1 is 1.20 bits per heavy atom. The van der Waals surface area contributed by atoms with Gasteiger partial charge < -0.3 is 0 Å². The molecule has 1 aromatic carbocycles. The van der Waals surface area contributed by atoms with Crippen LogP contribution in [-0.4, -0.2) is 17.8 Å². The standard InChI is InChI=1S/C11H6ClF3N2O3/c12-6-3-1-2-5(11(13,14)15)9(6)17-8(19)4-7(18)16-10(17)20/h1-3H,4H2,(H,16,18,20). The number of barbiturate groups is 1. The molecule has 0 atom stereocenters. The summed E-state index contributed by atoms with van der Waals surface area (Å²) < 4.78 is 38.8. The largest absolute Gasteiger partial charge is 0.418 e.